The van der Waals surface area contributed by atoms with E-state index in [4.69, 9.17) is 0 Å². The van der Waals surface area contributed by atoms with Gasteiger partial charge in [-0.15, -0.1) is 0 Å². The normalized spacial score (nSPS) is 23.6. The quantitative estimate of drug-likeness (QED) is 0.536. The van der Waals surface area contributed by atoms with E-state index in [1.54, 1.807) is 24.3 Å². The number of nitrogens with zero attached hydrogens (tertiary/aromatic N) is 2. The smallest absolute Gasteiger partial charge is 0.258 e. The van der Waals surface area contributed by atoms with E-state index in [1.165, 1.54) is 25.7 Å². The molecule has 6 heteroatoms. The number of fused-ring (bicyclic) bond motifs is 4. The van der Waals surface area contributed by atoms with E-state index >= 15 is 0 Å². The number of rotatable bonds is 4. The van der Waals surface area contributed by atoms with E-state index in [-0.39, 0.29) is 26.6 Å². The molecule has 0 spiro atoms. The van der Waals surface area contributed by atoms with Crippen LogP contribution < -0.4 is 0 Å². The van der Waals surface area contributed by atoms with Crippen molar-refractivity contribution in [3.63, 3.8) is 0 Å². The van der Waals surface area contributed by atoms with Gasteiger partial charge < -0.3 is 0 Å². The van der Waals surface area contributed by atoms with Crippen molar-refractivity contribution in [1.82, 2.24) is 0 Å². The Kier molecular flexibility index (Phi) is 4.42. The number of nitro groups is 2. The highest BCUT2D eigenvalue weighted by atomic mass is 16.6. The Morgan fingerprint density at radius 3 is 1.30 bits per heavy atom. The van der Waals surface area contributed by atoms with Crippen LogP contribution in [0, 0.1) is 32.1 Å². The fourth-order valence-electron chi connectivity index (χ4n) is 5.15. The van der Waals surface area contributed by atoms with E-state index in [1.807, 2.05) is 24.3 Å². The third-order valence-corrected chi connectivity index (χ3v) is 6.50. The van der Waals surface area contributed by atoms with E-state index < -0.39 is 0 Å². The summed E-state index contributed by atoms with van der Waals surface area (Å²) in [5.74, 6) is 1.27. The van der Waals surface area contributed by atoms with E-state index in [2.05, 4.69) is 0 Å². The van der Waals surface area contributed by atoms with Crippen LogP contribution in [0.25, 0.3) is 0 Å². The van der Waals surface area contributed by atoms with Crippen molar-refractivity contribution in [2.75, 3.05) is 0 Å². The summed E-state index contributed by atoms with van der Waals surface area (Å²) in [6.45, 7) is 0. The number of benzene rings is 2. The first kappa shape index (κ1) is 17.6. The van der Waals surface area contributed by atoms with Gasteiger partial charge in [-0.1, -0.05) is 49.9 Å². The first-order valence-electron chi connectivity index (χ1n) is 9.48. The second-order valence-corrected chi connectivity index (χ2v) is 7.99. The Morgan fingerprint density at radius 2 is 1.00 bits per heavy atom. The summed E-state index contributed by atoms with van der Waals surface area (Å²) < 4.78 is 0. The maximum absolute atomic E-state index is 11.1. The molecule has 3 fully saturated rings. The lowest BCUT2D eigenvalue weighted by molar-refractivity contribution is -0.385. The fourth-order valence-corrected chi connectivity index (χ4v) is 5.15. The molecule has 27 heavy (non-hydrogen) atoms. The highest BCUT2D eigenvalue weighted by molar-refractivity contribution is 5.46. The van der Waals surface area contributed by atoms with Gasteiger partial charge in [-0.05, 0) is 35.8 Å². The monoisotopic (exact) mass is 366 g/mol. The maximum atomic E-state index is 11.1. The Hall–Kier alpha value is -2.76. The minimum absolute atomic E-state index is 0.0918. The molecule has 140 valence electrons. The average molecular weight is 366 g/mol. The molecule has 5 rings (SSSR count). The van der Waals surface area contributed by atoms with Crippen LogP contribution in [0.3, 0.4) is 0 Å². The molecule has 0 amide bonds. The van der Waals surface area contributed by atoms with Gasteiger partial charge in [-0.25, -0.2) is 0 Å². The van der Waals surface area contributed by atoms with Gasteiger partial charge in [0.1, 0.15) is 0 Å². The molecule has 0 N–H and O–H groups in total. The van der Waals surface area contributed by atoms with Crippen LogP contribution in [0.5, 0.6) is 0 Å². The summed E-state index contributed by atoms with van der Waals surface area (Å²) >= 11 is 0. The Balaban J connectivity index is 1.82. The zero-order valence-corrected chi connectivity index (χ0v) is 15.0. The average Bonchev–Trinajstić information content (AvgIpc) is 2.99. The van der Waals surface area contributed by atoms with E-state index in [0.717, 1.165) is 24.0 Å². The molecule has 3 aliphatic rings. The lowest BCUT2D eigenvalue weighted by atomic mass is 9.67. The van der Waals surface area contributed by atoms with E-state index in [9.17, 15) is 20.2 Å². The molecule has 0 radical (unpaired) electrons. The minimum atomic E-state index is -0.376. The summed E-state index contributed by atoms with van der Waals surface area (Å²) in [6, 6.07) is 13.8. The summed E-state index contributed by atoms with van der Waals surface area (Å²) in [5, 5.41) is 22.1. The molecule has 3 aliphatic carbocycles. The molecule has 3 saturated carbocycles. The molecule has 0 aromatic heterocycles. The Bertz CT molecular complexity index is 779. The van der Waals surface area contributed by atoms with Crippen molar-refractivity contribution < 1.29 is 9.85 Å². The van der Waals surface area contributed by atoms with Gasteiger partial charge in [0.2, 0.25) is 0 Å². The Morgan fingerprint density at radius 1 is 0.667 bits per heavy atom. The maximum Gasteiger partial charge on any atom is 0.269 e. The van der Waals surface area contributed by atoms with Gasteiger partial charge >= 0.3 is 0 Å². The summed E-state index contributed by atoms with van der Waals surface area (Å²) in [5.41, 5.74) is 2.12. The molecule has 6 nitrogen and oxygen atoms in total. The van der Waals surface area contributed by atoms with Crippen molar-refractivity contribution >= 4 is 11.4 Å². The van der Waals surface area contributed by atoms with Gasteiger partial charge in [0, 0.05) is 29.7 Å². The topological polar surface area (TPSA) is 86.3 Å². The van der Waals surface area contributed by atoms with Crippen molar-refractivity contribution in [2.45, 2.75) is 43.9 Å². The zero-order valence-electron chi connectivity index (χ0n) is 15.0. The highest BCUT2D eigenvalue weighted by Crippen LogP contribution is 2.52. The van der Waals surface area contributed by atoms with Gasteiger partial charge in [-0.2, -0.15) is 0 Å². The van der Waals surface area contributed by atoms with Gasteiger partial charge in [0.25, 0.3) is 11.4 Å². The molecule has 2 aromatic rings. The minimum Gasteiger partial charge on any atom is -0.258 e. The number of hydrogen-bond donors (Lipinski definition) is 0. The van der Waals surface area contributed by atoms with Crippen LogP contribution in [-0.4, -0.2) is 9.85 Å². The lowest BCUT2D eigenvalue weighted by Gasteiger charge is -2.36. The molecular formula is C21H22N2O4. The second kappa shape index (κ2) is 6.76. The van der Waals surface area contributed by atoms with Gasteiger partial charge in [0.05, 0.1) is 9.85 Å². The molecule has 0 aliphatic heterocycles. The SMILES string of the molecule is O=[N+]([O-])c1ccc(C2(c3ccc([N+](=O)[O-])cc3)CC3CCC(CC3)C2)cc1. The third kappa shape index (κ3) is 3.20. The number of non-ortho nitro benzene ring substituents is 2. The molecule has 0 saturated heterocycles. The van der Waals surface area contributed by atoms with Crippen LogP contribution in [0.2, 0.25) is 0 Å². The van der Waals surface area contributed by atoms with Crippen LogP contribution in [0.15, 0.2) is 48.5 Å². The van der Waals surface area contributed by atoms with Crippen molar-refractivity contribution in [2.24, 2.45) is 11.8 Å². The van der Waals surface area contributed by atoms with Crippen LogP contribution in [0.4, 0.5) is 11.4 Å². The van der Waals surface area contributed by atoms with Crippen molar-refractivity contribution in [1.29, 1.82) is 0 Å². The largest absolute Gasteiger partial charge is 0.269 e. The van der Waals surface area contributed by atoms with Crippen LogP contribution in [-0.2, 0) is 5.41 Å². The lowest BCUT2D eigenvalue weighted by Crippen LogP contribution is -2.29. The van der Waals surface area contributed by atoms with Crippen LogP contribution >= 0.6 is 0 Å². The first-order valence-corrected chi connectivity index (χ1v) is 9.48. The molecule has 2 aromatic carbocycles. The van der Waals surface area contributed by atoms with Crippen LogP contribution in [0.1, 0.15) is 49.7 Å². The summed E-state index contributed by atoms with van der Waals surface area (Å²) in [7, 11) is 0. The first-order chi connectivity index (χ1) is 13.0. The van der Waals surface area contributed by atoms with Crippen molar-refractivity contribution in [3.8, 4) is 0 Å². The molecular weight excluding hydrogens is 344 g/mol. The van der Waals surface area contributed by atoms with Crippen molar-refractivity contribution in [3.05, 3.63) is 79.9 Å². The number of nitro benzene ring substituents is 2. The Labute approximate surface area is 157 Å². The number of hydrogen-bond acceptors (Lipinski definition) is 4. The third-order valence-electron chi connectivity index (χ3n) is 6.50. The van der Waals surface area contributed by atoms with E-state index in [0.29, 0.717) is 11.8 Å². The summed E-state index contributed by atoms with van der Waals surface area (Å²) in [4.78, 5) is 21.3. The van der Waals surface area contributed by atoms with Gasteiger partial charge in [0.15, 0.2) is 0 Å². The highest BCUT2D eigenvalue weighted by Gasteiger charge is 2.43. The molecule has 0 heterocycles. The predicted octanol–water partition coefficient (Wildman–Crippen LogP) is 5.39. The zero-order chi connectivity index (χ0) is 19.0. The fraction of sp³-hybridized carbons (Fsp3) is 0.429. The standard InChI is InChI=1S/C21H22N2O4/c24-22(25)19-9-5-17(6-10-19)21(13-15-1-2-16(14-21)4-3-15)18-7-11-20(12-8-18)23(26)27/h5-12,15-16H,1-4,13-14H2. The second-order valence-electron chi connectivity index (χ2n) is 7.99. The molecule has 2 bridgehead atoms. The van der Waals surface area contributed by atoms with Gasteiger partial charge in [-0.3, -0.25) is 20.2 Å². The predicted molar refractivity (Wildman–Crippen MR) is 102 cm³/mol. The molecule has 0 unspecified atom stereocenters. The summed E-state index contributed by atoms with van der Waals surface area (Å²) in [6.07, 6.45) is 6.91. The molecule has 0 atom stereocenters.